The minimum atomic E-state index is -0.634. The Kier molecular flexibility index (Phi) is 5.97. The summed E-state index contributed by atoms with van der Waals surface area (Å²) in [6, 6.07) is 9.72. The number of aromatic nitrogens is 2. The van der Waals surface area contributed by atoms with Gasteiger partial charge in [0.15, 0.2) is 0 Å². The van der Waals surface area contributed by atoms with Crippen LogP contribution in [-0.4, -0.2) is 35.9 Å². The molecule has 0 unspecified atom stereocenters. The smallest absolute Gasteiger partial charge is 0.355 e. The molecule has 2 heterocycles. The summed E-state index contributed by atoms with van der Waals surface area (Å²) in [5.74, 6) is -1.25. The molecule has 2 aromatic rings. The average molecular weight is 393 g/mol. The average Bonchev–Trinajstić information content (AvgIpc) is 2.92. The van der Waals surface area contributed by atoms with Gasteiger partial charge in [-0.1, -0.05) is 18.2 Å². The van der Waals surface area contributed by atoms with Gasteiger partial charge in [-0.3, -0.25) is 4.68 Å². The summed E-state index contributed by atoms with van der Waals surface area (Å²) in [6.07, 6.45) is 6.66. The predicted molar refractivity (Wildman–Crippen MR) is 109 cm³/mol. The van der Waals surface area contributed by atoms with Crippen LogP contribution in [0, 0.1) is 13.8 Å². The molecule has 1 aliphatic rings. The van der Waals surface area contributed by atoms with Crippen LogP contribution >= 0.6 is 0 Å². The third-order valence-corrected chi connectivity index (χ3v) is 4.51. The Labute approximate surface area is 169 Å². The maximum atomic E-state index is 12.5. The number of nitrogens with zero attached hydrogens (tertiary/aromatic N) is 3. The van der Waals surface area contributed by atoms with Crippen molar-refractivity contribution in [2.45, 2.75) is 20.4 Å². The van der Waals surface area contributed by atoms with E-state index in [0.29, 0.717) is 12.2 Å². The first-order chi connectivity index (χ1) is 13.9. The molecular formula is C22H23N3O4. The summed E-state index contributed by atoms with van der Waals surface area (Å²) in [5.41, 5.74) is 3.95. The number of methoxy groups -OCH3 is 2. The molecule has 0 bridgehead atoms. The Bertz CT molecular complexity index is 1030. The number of allylic oxidation sites excluding steroid dienone is 2. The topological polar surface area (TPSA) is 73.7 Å². The number of hydrogen-bond donors (Lipinski definition) is 0. The molecular weight excluding hydrogens is 370 g/mol. The van der Waals surface area contributed by atoms with Gasteiger partial charge in [0.05, 0.1) is 32.0 Å². The highest BCUT2D eigenvalue weighted by Crippen LogP contribution is 2.27. The lowest BCUT2D eigenvalue weighted by Gasteiger charge is -2.23. The molecule has 1 aromatic carbocycles. The van der Waals surface area contributed by atoms with Crippen LogP contribution in [0.15, 0.2) is 66.0 Å². The van der Waals surface area contributed by atoms with Crippen molar-refractivity contribution < 1.29 is 19.1 Å². The van der Waals surface area contributed by atoms with Crippen molar-refractivity contribution in [3.8, 4) is 0 Å². The third kappa shape index (κ3) is 4.29. The number of carbonyl (C=O) groups is 2. The minimum Gasteiger partial charge on any atom is -0.465 e. The van der Waals surface area contributed by atoms with Crippen molar-refractivity contribution in [1.29, 1.82) is 0 Å². The zero-order valence-corrected chi connectivity index (χ0v) is 16.9. The molecule has 0 fully saturated rings. The van der Waals surface area contributed by atoms with E-state index in [2.05, 4.69) is 5.10 Å². The molecule has 0 saturated carbocycles. The SMILES string of the molecule is COC(=O)C1=C(C(=O)OC)N(c2cccc(Cn3nc(C)cc3C)c2)C=CC=C1. The Balaban J connectivity index is 2.04. The maximum absolute atomic E-state index is 12.5. The van der Waals surface area contributed by atoms with Crippen LogP contribution in [0.5, 0.6) is 0 Å². The van der Waals surface area contributed by atoms with E-state index in [-0.39, 0.29) is 11.3 Å². The van der Waals surface area contributed by atoms with E-state index in [0.717, 1.165) is 17.0 Å². The van der Waals surface area contributed by atoms with Crippen LogP contribution in [0.1, 0.15) is 17.0 Å². The lowest BCUT2D eigenvalue weighted by Crippen LogP contribution is -2.27. The fourth-order valence-electron chi connectivity index (χ4n) is 3.18. The van der Waals surface area contributed by atoms with E-state index in [9.17, 15) is 9.59 Å². The molecule has 0 atom stereocenters. The van der Waals surface area contributed by atoms with Gasteiger partial charge >= 0.3 is 11.9 Å². The monoisotopic (exact) mass is 393 g/mol. The number of esters is 2. The van der Waals surface area contributed by atoms with E-state index >= 15 is 0 Å². The third-order valence-electron chi connectivity index (χ3n) is 4.51. The fraction of sp³-hybridized carbons (Fsp3) is 0.227. The molecule has 29 heavy (non-hydrogen) atoms. The van der Waals surface area contributed by atoms with Crippen LogP contribution in [0.2, 0.25) is 0 Å². The standard InChI is InChI=1S/C22H23N3O4/c1-15-12-16(2)25(23-15)14-17-8-7-9-18(13-17)24-11-6-5-10-19(21(26)28-3)20(24)22(27)29-4/h5-13H,14H2,1-4H3. The molecule has 3 rings (SSSR count). The van der Waals surface area contributed by atoms with E-state index in [1.807, 2.05) is 48.9 Å². The van der Waals surface area contributed by atoms with Gasteiger partial charge in [0, 0.05) is 17.6 Å². The first kappa shape index (κ1) is 20.1. The van der Waals surface area contributed by atoms with Gasteiger partial charge < -0.3 is 14.4 Å². The summed E-state index contributed by atoms with van der Waals surface area (Å²) in [7, 11) is 2.55. The van der Waals surface area contributed by atoms with Crippen LogP contribution in [0.4, 0.5) is 5.69 Å². The van der Waals surface area contributed by atoms with E-state index in [4.69, 9.17) is 9.47 Å². The highest BCUT2D eigenvalue weighted by molar-refractivity contribution is 6.05. The van der Waals surface area contributed by atoms with Gasteiger partial charge in [0.2, 0.25) is 0 Å². The first-order valence-electron chi connectivity index (χ1n) is 9.09. The Morgan fingerprint density at radius 3 is 2.45 bits per heavy atom. The zero-order chi connectivity index (χ0) is 21.0. The van der Waals surface area contributed by atoms with Crippen LogP contribution in [0.3, 0.4) is 0 Å². The van der Waals surface area contributed by atoms with Gasteiger partial charge in [-0.05, 0) is 49.8 Å². The second kappa shape index (κ2) is 8.60. The van der Waals surface area contributed by atoms with Crippen LogP contribution in [-0.2, 0) is 25.6 Å². The van der Waals surface area contributed by atoms with Crippen molar-refractivity contribution in [2.75, 3.05) is 19.1 Å². The second-order valence-corrected chi connectivity index (χ2v) is 6.57. The van der Waals surface area contributed by atoms with E-state index in [1.54, 1.807) is 23.3 Å². The quantitative estimate of drug-likeness (QED) is 0.727. The van der Waals surface area contributed by atoms with Gasteiger partial charge in [0.25, 0.3) is 0 Å². The summed E-state index contributed by atoms with van der Waals surface area (Å²) in [5, 5.41) is 4.50. The molecule has 0 N–H and O–H groups in total. The highest BCUT2D eigenvalue weighted by atomic mass is 16.5. The number of rotatable bonds is 5. The van der Waals surface area contributed by atoms with Crippen molar-refractivity contribution in [2.24, 2.45) is 0 Å². The zero-order valence-electron chi connectivity index (χ0n) is 16.9. The maximum Gasteiger partial charge on any atom is 0.355 e. The van der Waals surface area contributed by atoms with Gasteiger partial charge in [0.1, 0.15) is 5.70 Å². The van der Waals surface area contributed by atoms with Crippen molar-refractivity contribution in [3.05, 3.63) is 83.0 Å². The molecule has 0 spiro atoms. The summed E-state index contributed by atoms with van der Waals surface area (Å²) in [6.45, 7) is 4.55. The van der Waals surface area contributed by atoms with Crippen molar-refractivity contribution in [1.82, 2.24) is 9.78 Å². The Morgan fingerprint density at radius 1 is 1.03 bits per heavy atom. The highest BCUT2D eigenvalue weighted by Gasteiger charge is 2.27. The van der Waals surface area contributed by atoms with Crippen molar-refractivity contribution in [3.63, 3.8) is 0 Å². The summed E-state index contributed by atoms with van der Waals surface area (Å²) in [4.78, 5) is 26.4. The lowest BCUT2D eigenvalue weighted by atomic mass is 10.1. The lowest BCUT2D eigenvalue weighted by molar-refractivity contribution is -0.139. The molecule has 0 aliphatic carbocycles. The van der Waals surface area contributed by atoms with Crippen molar-refractivity contribution >= 4 is 17.6 Å². The molecule has 0 amide bonds. The molecule has 1 aromatic heterocycles. The second-order valence-electron chi connectivity index (χ2n) is 6.57. The summed E-state index contributed by atoms with van der Waals surface area (Å²) < 4.78 is 11.7. The Hall–Kier alpha value is -3.61. The van der Waals surface area contributed by atoms with Crippen LogP contribution in [0.25, 0.3) is 0 Å². The van der Waals surface area contributed by atoms with E-state index < -0.39 is 11.9 Å². The molecule has 7 nitrogen and oxygen atoms in total. The van der Waals surface area contributed by atoms with Gasteiger partial charge in [-0.25, -0.2) is 9.59 Å². The summed E-state index contributed by atoms with van der Waals surface area (Å²) >= 11 is 0. The number of ether oxygens (including phenoxy) is 2. The molecule has 0 radical (unpaired) electrons. The van der Waals surface area contributed by atoms with Gasteiger partial charge in [-0.15, -0.1) is 0 Å². The number of benzene rings is 1. The number of hydrogen-bond acceptors (Lipinski definition) is 6. The number of carbonyl (C=O) groups excluding carboxylic acids is 2. The largest absolute Gasteiger partial charge is 0.465 e. The van der Waals surface area contributed by atoms with Gasteiger partial charge in [-0.2, -0.15) is 5.10 Å². The first-order valence-corrected chi connectivity index (χ1v) is 9.09. The predicted octanol–water partition coefficient (Wildman–Crippen LogP) is 3.04. The minimum absolute atomic E-state index is 0.0904. The molecule has 150 valence electrons. The Morgan fingerprint density at radius 2 is 1.79 bits per heavy atom. The fourth-order valence-corrected chi connectivity index (χ4v) is 3.18. The molecule has 1 aliphatic heterocycles. The number of anilines is 1. The molecule has 7 heteroatoms. The normalized spacial score (nSPS) is 13.4. The molecule has 0 saturated heterocycles. The number of aryl methyl sites for hydroxylation is 2. The van der Waals surface area contributed by atoms with E-state index in [1.165, 1.54) is 20.3 Å². The van der Waals surface area contributed by atoms with Crippen LogP contribution < -0.4 is 4.90 Å².